The molecule has 14 heavy (non-hydrogen) atoms. The average molecular weight is 209 g/mol. The highest BCUT2D eigenvalue weighted by atomic mass is 35.5. The van der Waals surface area contributed by atoms with Gasteiger partial charge in [0.25, 0.3) is 5.91 Å². The van der Waals surface area contributed by atoms with E-state index in [1.165, 1.54) is 0 Å². The number of para-hydroxylation sites is 1. The van der Waals surface area contributed by atoms with E-state index in [9.17, 15) is 4.79 Å². The number of halogens is 1. The molecule has 1 aromatic carbocycles. The summed E-state index contributed by atoms with van der Waals surface area (Å²) in [5.74, 6) is -0.201. The molecule has 1 heterocycles. The van der Waals surface area contributed by atoms with E-state index in [1.807, 2.05) is 19.1 Å². The molecule has 72 valence electrons. The Morgan fingerprint density at radius 1 is 1.50 bits per heavy atom. The molecule has 1 aliphatic heterocycles. The van der Waals surface area contributed by atoms with Gasteiger partial charge in [0.1, 0.15) is 11.4 Å². The molecule has 1 atom stereocenters. The van der Waals surface area contributed by atoms with Gasteiger partial charge in [0.15, 0.2) is 0 Å². The van der Waals surface area contributed by atoms with Gasteiger partial charge >= 0.3 is 0 Å². The molecule has 1 unspecified atom stereocenters. The number of rotatable bonds is 1. The van der Waals surface area contributed by atoms with Crippen molar-refractivity contribution in [1.29, 1.82) is 0 Å². The van der Waals surface area contributed by atoms with Crippen LogP contribution in [0.3, 0.4) is 0 Å². The smallest absolute Gasteiger partial charge is 0.270 e. The van der Waals surface area contributed by atoms with Gasteiger partial charge in [-0.3, -0.25) is 9.79 Å². The van der Waals surface area contributed by atoms with Crippen molar-refractivity contribution in [3.8, 4) is 0 Å². The molecular weight excluding hydrogens is 200 g/mol. The van der Waals surface area contributed by atoms with Gasteiger partial charge in [0, 0.05) is 0 Å². The predicted molar refractivity (Wildman–Crippen MR) is 52.9 cm³/mol. The highest BCUT2D eigenvalue weighted by Gasteiger charge is 2.17. The van der Waals surface area contributed by atoms with Crippen molar-refractivity contribution in [1.82, 2.24) is 0 Å². The van der Waals surface area contributed by atoms with Crippen LogP contribution < -0.4 is 10.7 Å². The Morgan fingerprint density at radius 3 is 3.00 bits per heavy atom. The van der Waals surface area contributed by atoms with Crippen molar-refractivity contribution < 1.29 is 4.79 Å². The molecule has 2 rings (SSSR count). The molecule has 0 aromatic heterocycles. The quantitative estimate of drug-likeness (QED) is 0.676. The number of amides is 1. The van der Waals surface area contributed by atoms with Gasteiger partial charge in [-0.25, -0.2) is 4.99 Å². The van der Waals surface area contributed by atoms with E-state index in [2.05, 4.69) is 9.98 Å². The lowest BCUT2D eigenvalue weighted by Crippen LogP contribution is -2.36. The molecule has 1 aromatic rings. The third kappa shape index (κ3) is 1.44. The molecule has 0 fully saturated rings. The summed E-state index contributed by atoms with van der Waals surface area (Å²) in [6, 6.07) is 5.00. The van der Waals surface area contributed by atoms with Crippen LogP contribution >= 0.6 is 11.6 Å². The zero-order valence-corrected chi connectivity index (χ0v) is 8.45. The maximum Gasteiger partial charge on any atom is 0.271 e. The third-order valence-corrected chi connectivity index (χ3v) is 2.46. The molecule has 1 aliphatic rings. The van der Waals surface area contributed by atoms with Crippen LogP contribution in [0, 0.1) is 0 Å². The molecule has 0 bridgehead atoms. The summed E-state index contributed by atoms with van der Waals surface area (Å²) in [4.78, 5) is 19.6. The molecule has 0 aliphatic carbocycles. The molecule has 0 N–H and O–H groups in total. The van der Waals surface area contributed by atoms with E-state index in [0.717, 1.165) is 0 Å². The van der Waals surface area contributed by atoms with Crippen LogP contribution in [0.25, 0.3) is 0 Å². The van der Waals surface area contributed by atoms with Gasteiger partial charge in [-0.1, -0.05) is 24.6 Å². The summed E-state index contributed by atoms with van der Waals surface area (Å²) in [5.41, 5.74) is 0. The molecule has 0 radical (unpaired) electrons. The number of nitrogens with zero attached hydrogens (tertiary/aromatic N) is 2. The van der Waals surface area contributed by atoms with Gasteiger partial charge in [-0.2, -0.15) is 0 Å². The van der Waals surface area contributed by atoms with Gasteiger partial charge in [-0.05, 0) is 18.6 Å². The monoisotopic (exact) mass is 208 g/mol. The lowest BCUT2D eigenvalue weighted by Gasteiger charge is -2.08. The minimum Gasteiger partial charge on any atom is -0.270 e. The van der Waals surface area contributed by atoms with E-state index in [1.54, 1.807) is 6.07 Å². The number of fused-ring (bicyclic) bond motifs is 1. The largest absolute Gasteiger partial charge is 0.271 e. The SMILES string of the molecule is CCC1N=c2cccc(Cl)c2=NC1=O. The highest BCUT2D eigenvalue weighted by molar-refractivity contribution is 6.30. The number of hydrogen-bond acceptors (Lipinski definition) is 2. The summed E-state index contributed by atoms with van der Waals surface area (Å²) in [6.07, 6.45) is 0.675. The van der Waals surface area contributed by atoms with Gasteiger partial charge in [0.2, 0.25) is 0 Å². The summed E-state index contributed by atoms with van der Waals surface area (Å²) in [5, 5.41) is 1.70. The first-order chi connectivity index (χ1) is 6.72. The number of carbonyl (C=O) groups is 1. The third-order valence-electron chi connectivity index (χ3n) is 2.15. The van der Waals surface area contributed by atoms with Gasteiger partial charge in [0.05, 0.1) is 10.4 Å². The summed E-state index contributed by atoms with van der Waals surface area (Å²) in [7, 11) is 0. The summed E-state index contributed by atoms with van der Waals surface area (Å²) < 4.78 is 0. The Morgan fingerprint density at radius 2 is 2.29 bits per heavy atom. The van der Waals surface area contributed by atoms with E-state index >= 15 is 0 Å². The van der Waals surface area contributed by atoms with Gasteiger partial charge in [-0.15, -0.1) is 0 Å². The number of benzene rings is 1. The van der Waals surface area contributed by atoms with E-state index in [4.69, 9.17) is 11.6 Å². The van der Waals surface area contributed by atoms with Crippen molar-refractivity contribution in [2.45, 2.75) is 19.4 Å². The van der Waals surface area contributed by atoms with Crippen molar-refractivity contribution >= 4 is 17.5 Å². The molecule has 0 saturated carbocycles. The Labute approximate surface area is 86.1 Å². The summed E-state index contributed by atoms with van der Waals surface area (Å²) >= 11 is 5.89. The Kier molecular flexibility index (Phi) is 2.33. The van der Waals surface area contributed by atoms with Crippen LogP contribution in [0.1, 0.15) is 13.3 Å². The molecular formula is C10H9ClN2O. The van der Waals surface area contributed by atoms with Gasteiger partial charge < -0.3 is 0 Å². The van der Waals surface area contributed by atoms with Crippen LogP contribution in [0.5, 0.6) is 0 Å². The van der Waals surface area contributed by atoms with E-state index in [0.29, 0.717) is 22.2 Å². The molecule has 1 amide bonds. The second-order valence-electron chi connectivity index (χ2n) is 3.11. The standard InChI is InChI=1S/C10H9ClN2O/c1-2-7-10(14)13-9-6(11)4-3-5-8(9)12-7/h3-5,7H,2H2,1H3. The Balaban J connectivity index is 2.73. The van der Waals surface area contributed by atoms with E-state index < -0.39 is 0 Å². The normalized spacial score (nSPS) is 19.6. The van der Waals surface area contributed by atoms with Crippen LogP contribution in [-0.2, 0) is 4.79 Å². The minimum atomic E-state index is -0.332. The Hall–Kier alpha value is -1.22. The highest BCUT2D eigenvalue weighted by Crippen LogP contribution is 2.03. The van der Waals surface area contributed by atoms with Crippen molar-refractivity contribution in [3.63, 3.8) is 0 Å². The minimum absolute atomic E-state index is 0.201. The van der Waals surface area contributed by atoms with Crippen LogP contribution in [-0.4, -0.2) is 11.9 Å². The maximum atomic E-state index is 11.4. The average Bonchev–Trinajstić information content (AvgIpc) is 2.19. The first kappa shape index (κ1) is 9.34. The topological polar surface area (TPSA) is 41.8 Å². The predicted octanol–water partition coefficient (Wildman–Crippen LogP) is 0.898. The second-order valence-corrected chi connectivity index (χ2v) is 3.52. The fourth-order valence-corrected chi connectivity index (χ4v) is 1.60. The van der Waals surface area contributed by atoms with Crippen LogP contribution in [0.2, 0.25) is 5.02 Å². The maximum absolute atomic E-state index is 11.4. The zero-order valence-electron chi connectivity index (χ0n) is 7.70. The van der Waals surface area contributed by atoms with Crippen LogP contribution in [0.15, 0.2) is 28.2 Å². The van der Waals surface area contributed by atoms with Crippen LogP contribution in [0.4, 0.5) is 0 Å². The fraction of sp³-hybridized carbons (Fsp3) is 0.300. The van der Waals surface area contributed by atoms with E-state index in [-0.39, 0.29) is 11.9 Å². The molecule has 4 heteroatoms. The lowest BCUT2D eigenvalue weighted by atomic mass is 10.2. The molecule has 0 saturated heterocycles. The number of carbonyl (C=O) groups excluding carboxylic acids is 1. The van der Waals surface area contributed by atoms with Crippen molar-refractivity contribution in [2.24, 2.45) is 9.98 Å². The fourth-order valence-electron chi connectivity index (χ4n) is 1.39. The lowest BCUT2D eigenvalue weighted by molar-refractivity contribution is -0.119. The number of hydrogen-bond donors (Lipinski definition) is 0. The Bertz CT molecular complexity index is 495. The zero-order chi connectivity index (χ0) is 10.1. The second kappa shape index (κ2) is 3.50. The first-order valence-corrected chi connectivity index (χ1v) is 4.85. The van der Waals surface area contributed by atoms with Crippen molar-refractivity contribution in [3.05, 3.63) is 33.9 Å². The molecule has 0 spiro atoms. The molecule has 3 nitrogen and oxygen atoms in total. The first-order valence-electron chi connectivity index (χ1n) is 4.47. The van der Waals surface area contributed by atoms with Crippen molar-refractivity contribution in [2.75, 3.05) is 0 Å². The summed E-state index contributed by atoms with van der Waals surface area (Å²) in [6.45, 7) is 1.91.